The van der Waals surface area contributed by atoms with Gasteiger partial charge in [0.2, 0.25) is 0 Å². The number of ether oxygens (including phenoxy) is 2. The Labute approximate surface area is 219 Å². The van der Waals surface area contributed by atoms with Crippen molar-refractivity contribution in [1.29, 1.82) is 5.26 Å². The molecular formula is C26H22F3N5O3S. The molecule has 1 amide bonds. The van der Waals surface area contributed by atoms with Gasteiger partial charge in [0.25, 0.3) is 5.91 Å². The van der Waals surface area contributed by atoms with Crippen molar-refractivity contribution in [2.75, 3.05) is 19.5 Å². The van der Waals surface area contributed by atoms with Gasteiger partial charge in [-0.25, -0.2) is 9.50 Å². The summed E-state index contributed by atoms with van der Waals surface area (Å²) >= 11 is 1.33. The van der Waals surface area contributed by atoms with Crippen LogP contribution in [0.5, 0.6) is 11.5 Å². The zero-order valence-corrected chi connectivity index (χ0v) is 21.5. The second kappa shape index (κ2) is 9.64. The van der Waals surface area contributed by atoms with Crippen molar-refractivity contribution < 1.29 is 27.4 Å². The highest BCUT2D eigenvalue weighted by molar-refractivity contribution is 7.16. The lowest BCUT2D eigenvalue weighted by molar-refractivity contribution is -0.142. The molecule has 0 spiro atoms. The SMILES string of the molecule is COc1ccc(-c2cc(C(F)(F)F)n3nc(C(=O)Nc4sc5c(c4C#N)CCC(C)C5)cc3n2)cc1OC. The van der Waals surface area contributed by atoms with Crippen molar-refractivity contribution in [1.82, 2.24) is 14.6 Å². The van der Waals surface area contributed by atoms with E-state index >= 15 is 0 Å². The Kier molecular flexibility index (Phi) is 6.48. The number of thiophene rings is 1. The van der Waals surface area contributed by atoms with Crippen LogP contribution in [0.3, 0.4) is 0 Å². The smallest absolute Gasteiger partial charge is 0.433 e. The van der Waals surface area contributed by atoms with Gasteiger partial charge in [-0.1, -0.05) is 6.92 Å². The van der Waals surface area contributed by atoms with Crippen LogP contribution in [-0.4, -0.2) is 34.7 Å². The Morgan fingerprint density at radius 3 is 2.66 bits per heavy atom. The Balaban J connectivity index is 1.54. The van der Waals surface area contributed by atoms with Crippen LogP contribution in [0.1, 0.15) is 45.5 Å². The molecule has 1 N–H and O–H groups in total. The quantitative estimate of drug-likeness (QED) is 0.346. The van der Waals surface area contributed by atoms with Crippen LogP contribution in [0.15, 0.2) is 30.3 Å². The van der Waals surface area contributed by atoms with Crippen LogP contribution in [0, 0.1) is 17.2 Å². The lowest BCUT2D eigenvalue weighted by Gasteiger charge is -2.17. The van der Waals surface area contributed by atoms with E-state index < -0.39 is 17.8 Å². The molecule has 38 heavy (non-hydrogen) atoms. The first kappa shape index (κ1) is 25.5. The number of nitrogens with one attached hydrogen (secondary N) is 1. The van der Waals surface area contributed by atoms with Gasteiger partial charge in [0.05, 0.1) is 25.5 Å². The van der Waals surface area contributed by atoms with Gasteiger partial charge in [0.15, 0.2) is 28.5 Å². The van der Waals surface area contributed by atoms with Crippen LogP contribution < -0.4 is 14.8 Å². The van der Waals surface area contributed by atoms with Crippen LogP contribution in [-0.2, 0) is 19.0 Å². The molecule has 5 rings (SSSR count). The van der Waals surface area contributed by atoms with Gasteiger partial charge in [0.1, 0.15) is 11.1 Å². The minimum Gasteiger partial charge on any atom is -0.493 e. The molecule has 1 aromatic carbocycles. The largest absolute Gasteiger partial charge is 0.493 e. The minimum atomic E-state index is -4.77. The number of benzene rings is 1. The number of alkyl halides is 3. The lowest BCUT2D eigenvalue weighted by Crippen LogP contribution is -2.15. The van der Waals surface area contributed by atoms with Crippen molar-refractivity contribution in [3.63, 3.8) is 0 Å². The first-order valence-corrected chi connectivity index (χ1v) is 12.5. The number of aromatic nitrogens is 3. The summed E-state index contributed by atoms with van der Waals surface area (Å²) in [5.41, 5.74) is 0.208. The third-order valence-corrected chi connectivity index (χ3v) is 7.65. The van der Waals surface area contributed by atoms with Crippen molar-refractivity contribution in [2.24, 2.45) is 5.92 Å². The number of hydrogen-bond acceptors (Lipinski definition) is 7. The van der Waals surface area contributed by atoms with Gasteiger partial charge >= 0.3 is 6.18 Å². The van der Waals surface area contributed by atoms with Crippen molar-refractivity contribution in [3.8, 4) is 28.8 Å². The third-order valence-electron chi connectivity index (χ3n) is 6.48. The molecule has 12 heteroatoms. The second-order valence-electron chi connectivity index (χ2n) is 9.02. The van der Waals surface area contributed by atoms with E-state index in [1.165, 1.54) is 37.7 Å². The number of rotatable bonds is 5. The van der Waals surface area contributed by atoms with Gasteiger partial charge in [-0.2, -0.15) is 23.5 Å². The molecule has 0 radical (unpaired) electrons. The van der Waals surface area contributed by atoms with Crippen molar-refractivity contribution in [2.45, 2.75) is 32.4 Å². The van der Waals surface area contributed by atoms with Gasteiger partial charge < -0.3 is 14.8 Å². The molecule has 0 fully saturated rings. The van der Waals surface area contributed by atoms with E-state index in [0.29, 0.717) is 38.1 Å². The Bertz CT molecular complexity index is 1600. The molecule has 3 aromatic heterocycles. The number of carbonyl (C=O) groups excluding carboxylic acids is 1. The first-order chi connectivity index (χ1) is 18.1. The zero-order valence-electron chi connectivity index (χ0n) is 20.6. The highest BCUT2D eigenvalue weighted by Crippen LogP contribution is 2.40. The number of amides is 1. The standard InChI is InChI=1S/C26H22F3N5O3S/c1-13-4-6-15-16(12-30)25(38-21(15)8-13)32-24(35)18-11-23-31-17(10-22(26(27,28)29)34(23)33-18)14-5-7-19(36-2)20(9-14)37-3/h5,7,9-11,13H,4,6,8H2,1-3H3,(H,32,35). The summed E-state index contributed by atoms with van der Waals surface area (Å²) in [5.74, 6) is 0.495. The maximum absolute atomic E-state index is 14.0. The summed E-state index contributed by atoms with van der Waals surface area (Å²) < 4.78 is 53.1. The van der Waals surface area contributed by atoms with Crippen LogP contribution in [0.25, 0.3) is 16.9 Å². The van der Waals surface area contributed by atoms with E-state index in [-0.39, 0.29) is 17.0 Å². The van der Waals surface area contributed by atoms with E-state index in [2.05, 4.69) is 28.4 Å². The number of carbonyl (C=O) groups is 1. The van der Waals surface area contributed by atoms with E-state index in [1.54, 1.807) is 12.1 Å². The molecule has 4 aromatic rings. The fourth-order valence-electron chi connectivity index (χ4n) is 4.56. The fraction of sp³-hybridized carbons (Fsp3) is 0.308. The predicted molar refractivity (Wildman–Crippen MR) is 135 cm³/mol. The Hall–Kier alpha value is -4.11. The molecule has 8 nitrogen and oxygen atoms in total. The average molecular weight is 542 g/mol. The zero-order chi connectivity index (χ0) is 27.2. The Morgan fingerprint density at radius 2 is 1.97 bits per heavy atom. The number of fused-ring (bicyclic) bond motifs is 2. The summed E-state index contributed by atoms with van der Waals surface area (Å²) in [4.78, 5) is 18.4. The second-order valence-corrected chi connectivity index (χ2v) is 10.1. The fourth-order valence-corrected chi connectivity index (χ4v) is 5.91. The molecule has 0 bridgehead atoms. The number of nitriles is 1. The van der Waals surface area contributed by atoms with Crippen LogP contribution >= 0.6 is 11.3 Å². The van der Waals surface area contributed by atoms with E-state index in [1.807, 2.05) is 0 Å². The number of anilines is 1. The topological polar surface area (TPSA) is 102 Å². The monoisotopic (exact) mass is 541 g/mol. The van der Waals surface area contributed by atoms with Crippen molar-refractivity contribution >= 4 is 27.9 Å². The average Bonchev–Trinajstić information content (AvgIpc) is 3.47. The van der Waals surface area contributed by atoms with Crippen LogP contribution in [0.2, 0.25) is 0 Å². The summed E-state index contributed by atoms with van der Waals surface area (Å²) in [6.45, 7) is 2.13. The summed E-state index contributed by atoms with van der Waals surface area (Å²) in [6, 6.07) is 8.87. The number of methoxy groups -OCH3 is 2. The van der Waals surface area contributed by atoms with Gasteiger partial charge in [-0.3, -0.25) is 4.79 Å². The molecule has 0 saturated heterocycles. The molecule has 3 heterocycles. The number of nitrogens with zero attached hydrogens (tertiary/aromatic N) is 4. The molecule has 0 aliphatic heterocycles. The summed E-state index contributed by atoms with van der Waals surface area (Å²) in [7, 11) is 2.87. The normalized spacial score (nSPS) is 15.1. The summed E-state index contributed by atoms with van der Waals surface area (Å²) in [6.07, 6.45) is -2.26. The van der Waals surface area contributed by atoms with Gasteiger partial charge in [0, 0.05) is 16.5 Å². The molecule has 1 atom stereocenters. The molecule has 1 aliphatic rings. The number of hydrogen-bond donors (Lipinski definition) is 1. The minimum absolute atomic E-state index is 0.0180. The van der Waals surface area contributed by atoms with Crippen LogP contribution in [0.4, 0.5) is 18.2 Å². The maximum atomic E-state index is 14.0. The van der Waals surface area contributed by atoms with Crippen molar-refractivity contribution in [3.05, 3.63) is 57.7 Å². The highest BCUT2D eigenvalue weighted by Gasteiger charge is 2.36. The lowest BCUT2D eigenvalue weighted by atomic mass is 9.89. The third kappa shape index (κ3) is 4.54. The summed E-state index contributed by atoms with van der Waals surface area (Å²) in [5, 5.41) is 16.7. The molecule has 1 unspecified atom stereocenters. The molecule has 0 saturated carbocycles. The molecular weight excluding hydrogens is 519 g/mol. The number of halogens is 3. The van der Waals surface area contributed by atoms with Gasteiger partial charge in [-0.05, 0) is 55.0 Å². The Morgan fingerprint density at radius 1 is 1.21 bits per heavy atom. The van der Waals surface area contributed by atoms with E-state index in [4.69, 9.17) is 9.47 Å². The van der Waals surface area contributed by atoms with Gasteiger partial charge in [-0.15, -0.1) is 11.3 Å². The van der Waals surface area contributed by atoms with E-state index in [0.717, 1.165) is 35.8 Å². The van der Waals surface area contributed by atoms with E-state index in [9.17, 15) is 23.2 Å². The highest BCUT2D eigenvalue weighted by atomic mass is 32.1. The molecule has 1 aliphatic carbocycles. The first-order valence-electron chi connectivity index (χ1n) is 11.7. The maximum Gasteiger partial charge on any atom is 0.433 e. The predicted octanol–water partition coefficient (Wildman–Crippen LogP) is 5.74. The molecule has 196 valence electrons.